The van der Waals surface area contributed by atoms with Crippen LogP contribution in [0.2, 0.25) is 0 Å². The van der Waals surface area contributed by atoms with E-state index in [-0.39, 0.29) is 12.1 Å². The Morgan fingerprint density at radius 1 is 1.56 bits per heavy atom. The summed E-state index contributed by atoms with van der Waals surface area (Å²) in [5.74, 6) is -0.323. The van der Waals surface area contributed by atoms with E-state index in [0.29, 0.717) is 5.69 Å². The molecule has 0 spiro atoms. The van der Waals surface area contributed by atoms with Crippen LogP contribution in [0.3, 0.4) is 0 Å². The summed E-state index contributed by atoms with van der Waals surface area (Å²) in [7, 11) is 1.73. The SMILES string of the molecule is CC(CN1CCOCC1)OC(=O)c1ccnn1C. The second kappa shape index (κ2) is 5.97. The number of carbonyl (C=O) groups is 1. The van der Waals surface area contributed by atoms with Gasteiger partial charge < -0.3 is 9.47 Å². The van der Waals surface area contributed by atoms with Gasteiger partial charge in [0.15, 0.2) is 0 Å². The van der Waals surface area contributed by atoms with E-state index in [1.54, 1.807) is 19.3 Å². The fraction of sp³-hybridized carbons (Fsp3) is 0.667. The van der Waals surface area contributed by atoms with Gasteiger partial charge in [-0.15, -0.1) is 0 Å². The Labute approximate surface area is 106 Å². The third kappa shape index (κ3) is 3.30. The lowest BCUT2D eigenvalue weighted by molar-refractivity contribution is -0.000144. The smallest absolute Gasteiger partial charge is 0.356 e. The monoisotopic (exact) mass is 253 g/mol. The second-order valence-corrected chi connectivity index (χ2v) is 4.47. The Kier molecular flexibility index (Phi) is 4.33. The number of aryl methyl sites for hydroxylation is 1. The van der Waals surface area contributed by atoms with Gasteiger partial charge in [-0.2, -0.15) is 5.10 Å². The van der Waals surface area contributed by atoms with E-state index in [2.05, 4.69) is 10.00 Å². The van der Waals surface area contributed by atoms with Crippen LogP contribution in [0.1, 0.15) is 17.4 Å². The molecule has 0 radical (unpaired) electrons. The lowest BCUT2D eigenvalue weighted by atomic mass is 10.3. The number of morpholine rings is 1. The van der Waals surface area contributed by atoms with Crippen LogP contribution in [0, 0.1) is 0 Å². The Morgan fingerprint density at radius 2 is 2.28 bits per heavy atom. The molecule has 0 aromatic carbocycles. The molecule has 0 N–H and O–H groups in total. The van der Waals surface area contributed by atoms with Crippen LogP contribution >= 0.6 is 0 Å². The molecule has 0 aliphatic carbocycles. The topological polar surface area (TPSA) is 56.6 Å². The third-order valence-corrected chi connectivity index (χ3v) is 2.96. The fourth-order valence-corrected chi connectivity index (χ4v) is 2.00. The summed E-state index contributed by atoms with van der Waals surface area (Å²) in [6.07, 6.45) is 1.45. The van der Waals surface area contributed by atoms with Crippen molar-refractivity contribution in [2.75, 3.05) is 32.8 Å². The van der Waals surface area contributed by atoms with Crippen molar-refractivity contribution in [3.05, 3.63) is 18.0 Å². The normalized spacial score (nSPS) is 18.6. The van der Waals surface area contributed by atoms with Crippen molar-refractivity contribution in [3.63, 3.8) is 0 Å². The molecule has 1 atom stereocenters. The van der Waals surface area contributed by atoms with Gasteiger partial charge in [-0.1, -0.05) is 0 Å². The molecule has 1 fully saturated rings. The number of aromatic nitrogens is 2. The van der Waals surface area contributed by atoms with Gasteiger partial charge in [0.1, 0.15) is 11.8 Å². The van der Waals surface area contributed by atoms with Crippen LogP contribution in [0.5, 0.6) is 0 Å². The van der Waals surface area contributed by atoms with Gasteiger partial charge in [0.05, 0.1) is 13.2 Å². The number of nitrogens with zero attached hydrogens (tertiary/aromatic N) is 3. The summed E-state index contributed by atoms with van der Waals surface area (Å²) in [6, 6.07) is 1.66. The lowest BCUT2D eigenvalue weighted by Gasteiger charge is -2.28. The number of hydrogen-bond acceptors (Lipinski definition) is 5. The number of esters is 1. The van der Waals surface area contributed by atoms with Crippen molar-refractivity contribution < 1.29 is 14.3 Å². The fourth-order valence-electron chi connectivity index (χ4n) is 2.00. The van der Waals surface area contributed by atoms with Crippen molar-refractivity contribution >= 4 is 5.97 Å². The minimum atomic E-state index is -0.323. The average molecular weight is 253 g/mol. The molecule has 2 rings (SSSR count). The molecule has 1 aliphatic heterocycles. The predicted molar refractivity (Wildman–Crippen MR) is 65.3 cm³/mol. The summed E-state index contributed by atoms with van der Waals surface area (Å²) >= 11 is 0. The van der Waals surface area contributed by atoms with Crippen LogP contribution in [-0.2, 0) is 16.5 Å². The van der Waals surface area contributed by atoms with Gasteiger partial charge >= 0.3 is 5.97 Å². The van der Waals surface area contributed by atoms with E-state index in [0.717, 1.165) is 32.8 Å². The first-order valence-electron chi connectivity index (χ1n) is 6.16. The number of rotatable bonds is 4. The summed E-state index contributed by atoms with van der Waals surface area (Å²) < 4.78 is 12.2. The summed E-state index contributed by atoms with van der Waals surface area (Å²) in [5.41, 5.74) is 0.476. The minimum absolute atomic E-state index is 0.134. The van der Waals surface area contributed by atoms with Crippen LogP contribution in [0.4, 0.5) is 0 Å². The summed E-state index contributed by atoms with van der Waals surface area (Å²) in [5, 5.41) is 3.95. The van der Waals surface area contributed by atoms with Crippen molar-refractivity contribution in [1.82, 2.24) is 14.7 Å². The molecule has 1 aromatic rings. The Morgan fingerprint density at radius 3 is 2.89 bits per heavy atom. The first-order chi connectivity index (χ1) is 8.66. The van der Waals surface area contributed by atoms with Crippen molar-refractivity contribution in [2.45, 2.75) is 13.0 Å². The highest BCUT2D eigenvalue weighted by atomic mass is 16.5. The largest absolute Gasteiger partial charge is 0.457 e. The van der Waals surface area contributed by atoms with E-state index in [9.17, 15) is 4.79 Å². The van der Waals surface area contributed by atoms with Gasteiger partial charge in [0.2, 0.25) is 0 Å². The molecule has 6 nitrogen and oxygen atoms in total. The standard InChI is InChI=1S/C12H19N3O3/c1-10(9-15-5-7-17-8-6-15)18-12(16)11-3-4-13-14(11)2/h3-4,10H,5-9H2,1-2H3. The number of ether oxygens (including phenoxy) is 2. The Hall–Kier alpha value is -1.40. The molecular weight excluding hydrogens is 234 g/mol. The molecule has 1 aliphatic rings. The van der Waals surface area contributed by atoms with Crippen LogP contribution in [-0.4, -0.2) is 59.6 Å². The van der Waals surface area contributed by atoms with Crippen LogP contribution in [0.25, 0.3) is 0 Å². The molecule has 18 heavy (non-hydrogen) atoms. The van der Waals surface area contributed by atoms with Crippen molar-refractivity contribution in [1.29, 1.82) is 0 Å². The van der Waals surface area contributed by atoms with E-state index in [1.165, 1.54) is 4.68 Å². The maximum Gasteiger partial charge on any atom is 0.356 e. The first-order valence-corrected chi connectivity index (χ1v) is 6.16. The molecule has 6 heteroatoms. The van der Waals surface area contributed by atoms with Crippen LogP contribution in [0.15, 0.2) is 12.3 Å². The molecule has 1 saturated heterocycles. The third-order valence-electron chi connectivity index (χ3n) is 2.96. The molecule has 1 aromatic heterocycles. The molecule has 1 unspecified atom stereocenters. The number of hydrogen-bond donors (Lipinski definition) is 0. The second-order valence-electron chi connectivity index (χ2n) is 4.47. The maximum absolute atomic E-state index is 11.9. The predicted octanol–water partition coefficient (Wildman–Crippen LogP) is 0.298. The highest BCUT2D eigenvalue weighted by Gasteiger charge is 2.18. The quantitative estimate of drug-likeness (QED) is 0.722. The molecular formula is C12H19N3O3. The minimum Gasteiger partial charge on any atom is -0.457 e. The Balaban J connectivity index is 1.81. The number of carbonyl (C=O) groups excluding carboxylic acids is 1. The van der Waals surface area contributed by atoms with Gasteiger partial charge in [-0.05, 0) is 13.0 Å². The molecule has 100 valence electrons. The zero-order valence-corrected chi connectivity index (χ0v) is 10.8. The summed E-state index contributed by atoms with van der Waals surface area (Å²) in [4.78, 5) is 14.1. The highest BCUT2D eigenvalue weighted by Crippen LogP contribution is 2.05. The Bertz CT molecular complexity index is 399. The van der Waals surface area contributed by atoms with Gasteiger partial charge in [0, 0.05) is 32.9 Å². The first kappa shape index (κ1) is 13.0. The lowest BCUT2D eigenvalue weighted by Crippen LogP contribution is -2.41. The molecule has 0 saturated carbocycles. The van der Waals surface area contributed by atoms with Gasteiger partial charge in [0.25, 0.3) is 0 Å². The molecule has 2 heterocycles. The van der Waals surface area contributed by atoms with Gasteiger partial charge in [-0.25, -0.2) is 4.79 Å². The maximum atomic E-state index is 11.9. The van der Waals surface area contributed by atoms with Crippen molar-refractivity contribution in [3.8, 4) is 0 Å². The summed E-state index contributed by atoms with van der Waals surface area (Å²) in [6.45, 7) is 5.95. The van der Waals surface area contributed by atoms with E-state index >= 15 is 0 Å². The van der Waals surface area contributed by atoms with E-state index in [4.69, 9.17) is 9.47 Å². The van der Waals surface area contributed by atoms with E-state index in [1.807, 2.05) is 6.92 Å². The highest BCUT2D eigenvalue weighted by molar-refractivity contribution is 5.87. The van der Waals surface area contributed by atoms with E-state index < -0.39 is 0 Å². The molecule has 0 amide bonds. The van der Waals surface area contributed by atoms with Crippen LogP contribution < -0.4 is 0 Å². The van der Waals surface area contributed by atoms with Crippen molar-refractivity contribution in [2.24, 2.45) is 7.05 Å². The zero-order chi connectivity index (χ0) is 13.0. The zero-order valence-electron chi connectivity index (χ0n) is 10.8. The van der Waals surface area contributed by atoms with Gasteiger partial charge in [-0.3, -0.25) is 9.58 Å². The average Bonchev–Trinajstić information content (AvgIpc) is 2.76. The molecule has 0 bridgehead atoms.